The van der Waals surface area contributed by atoms with Gasteiger partial charge in [0.15, 0.2) is 0 Å². The predicted molar refractivity (Wildman–Crippen MR) is 87.6 cm³/mol. The summed E-state index contributed by atoms with van der Waals surface area (Å²) in [5.74, 6) is 0.297. The van der Waals surface area contributed by atoms with Gasteiger partial charge in [-0.15, -0.1) is 0 Å². The Hall–Kier alpha value is -3.01. The van der Waals surface area contributed by atoms with Gasteiger partial charge in [0.25, 0.3) is 0 Å². The standard InChI is InChI=1S/C19H14FNO2/c20-18-11-14(5-6-15(18)4-2-10-22)13-23-17-8-7-16-3-1-9-21-19(16)12-17/h1-12H,13H2/b4-2+. The average Bonchev–Trinajstić information content (AvgIpc) is 2.59. The minimum Gasteiger partial charge on any atom is -0.489 e. The Balaban J connectivity index is 1.73. The molecule has 0 fully saturated rings. The van der Waals surface area contributed by atoms with Crippen LogP contribution < -0.4 is 4.74 Å². The molecule has 0 amide bonds. The maximum absolute atomic E-state index is 13.9. The zero-order valence-corrected chi connectivity index (χ0v) is 12.3. The molecule has 0 aliphatic carbocycles. The van der Waals surface area contributed by atoms with E-state index in [-0.39, 0.29) is 12.4 Å². The van der Waals surface area contributed by atoms with E-state index in [1.54, 1.807) is 18.3 Å². The summed E-state index contributed by atoms with van der Waals surface area (Å²) < 4.78 is 19.6. The number of benzene rings is 2. The Morgan fingerprint density at radius 1 is 1.13 bits per heavy atom. The number of allylic oxidation sites excluding steroid dienone is 1. The van der Waals surface area contributed by atoms with Gasteiger partial charge in [-0.1, -0.05) is 18.2 Å². The maximum Gasteiger partial charge on any atom is 0.142 e. The summed E-state index contributed by atoms with van der Waals surface area (Å²) in [5.41, 5.74) is 1.94. The second-order valence-electron chi connectivity index (χ2n) is 5.00. The zero-order valence-electron chi connectivity index (χ0n) is 12.3. The molecule has 23 heavy (non-hydrogen) atoms. The Labute approximate surface area is 133 Å². The fourth-order valence-corrected chi connectivity index (χ4v) is 2.24. The van der Waals surface area contributed by atoms with Crippen LogP contribution in [0.4, 0.5) is 4.39 Å². The number of nitrogens with zero attached hydrogens (tertiary/aromatic N) is 1. The number of halogens is 1. The number of carbonyl (C=O) groups excluding carboxylic acids is 1. The van der Waals surface area contributed by atoms with Gasteiger partial charge in [0.05, 0.1) is 5.52 Å². The number of hydrogen-bond acceptors (Lipinski definition) is 3. The zero-order chi connectivity index (χ0) is 16.1. The largest absolute Gasteiger partial charge is 0.489 e. The molecule has 1 heterocycles. The SMILES string of the molecule is O=C/C=C/c1ccc(COc2ccc3cccnc3c2)cc1F. The van der Waals surface area contributed by atoms with Crippen molar-refractivity contribution >= 4 is 23.3 Å². The van der Waals surface area contributed by atoms with E-state index in [1.807, 2.05) is 30.3 Å². The van der Waals surface area contributed by atoms with Crippen LogP contribution in [0.25, 0.3) is 17.0 Å². The van der Waals surface area contributed by atoms with E-state index in [4.69, 9.17) is 4.74 Å². The van der Waals surface area contributed by atoms with Crippen LogP contribution in [0.2, 0.25) is 0 Å². The summed E-state index contributed by atoms with van der Waals surface area (Å²) in [6.45, 7) is 0.257. The van der Waals surface area contributed by atoms with E-state index < -0.39 is 0 Å². The first-order valence-corrected chi connectivity index (χ1v) is 7.14. The summed E-state index contributed by atoms with van der Waals surface area (Å²) in [6.07, 6.45) is 5.04. The molecule has 0 aliphatic rings. The third-order valence-corrected chi connectivity index (χ3v) is 3.40. The van der Waals surface area contributed by atoms with Gasteiger partial charge in [0, 0.05) is 23.2 Å². The molecule has 2 aromatic carbocycles. The second kappa shape index (κ2) is 6.83. The lowest BCUT2D eigenvalue weighted by molar-refractivity contribution is -0.104. The summed E-state index contributed by atoms with van der Waals surface area (Å²) in [6, 6.07) is 14.3. The van der Waals surface area contributed by atoms with Crippen LogP contribution in [0.1, 0.15) is 11.1 Å². The highest BCUT2D eigenvalue weighted by atomic mass is 19.1. The van der Waals surface area contributed by atoms with Crippen LogP contribution in [0.3, 0.4) is 0 Å². The third-order valence-electron chi connectivity index (χ3n) is 3.40. The molecular weight excluding hydrogens is 293 g/mol. The van der Waals surface area contributed by atoms with Crippen molar-refractivity contribution < 1.29 is 13.9 Å². The third kappa shape index (κ3) is 3.61. The van der Waals surface area contributed by atoms with E-state index in [9.17, 15) is 9.18 Å². The smallest absolute Gasteiger partial charge is 0.142 e. The molecule has 3 rings (SSSR count). The molecule has 4 heteroatoms. The van der Waals surface area contributed by atoms with Crippen LogP contribution in [-0.4, -0.2) is 11.3 Å². The molecule has 1 aromatic heterocycles. The average molecular weight is 307 g/mol. The first-order chi connectivity index (χ1) is 11.3. The molecular formula is C19H14FNO2. The molecule has 0 spiro atoms. The first-order valence-electron chi connectivity index (χ1n) is 7.14. The first kappa shape index (κ1) is 14.9. The van der Waals surface area contributed by atoms with Gasteiger partial charge < -0.3 is 4.74 Å². The van der Waals surface area contributed by atoms with Gasteiger partial charge in [-0.3, -0.25) is 9.78 Å². The number of carbonyl (C=O) groups is 1. The highest BCUT2D eigenvalue weighted by Gasteiger charge is 2.03. The van der Waals surface area contributed by atoms with Gasteiger partial charge >= 0.3 is 0 Å². The number of aromatic nitrogens is 1. The van der Waals surface area contributed by atoms with Crippen molar-refractivity contribution in [1.82, 2.24) is 4.98 Å². The Kier molecular flexibility index (Phi) is 4.43. The minimum absolute atomic E-state index is 0.257. The van der Waals surface area contributed by atoms with Crippen molar-refractivity contribution in [3.63, 3.8) is 0 Å². The van der Waals surface area contributed by atoms with Crippen LogP contribution in [0.5, 0.6) is 5.75 Å². The molecule has 0 atom stereocenters. The lowest BCUT2D eigenvalue weighted by Gasteiger charge is -2.08. The highest BCUT2D eigenvalue weighted by Crippen LogP contribution is 2.20. The Morgan fingerprint density at radius 3 is 2.87 bits per heavy atom. The number of pyridine rings is 1. The lowest BCUT2D eigenvalue weighted by atomic mass is 10.1. The quantitative estimate of drug-likeness (QED) is 0.525. The Morgan fingerprint density at radius 2 is 2.04 bits per heavy atom. The maximum atomic E-state index is 13.9. The summed E-state index contributed by atoms with van der Waals surface area (Å²) in [7, 11) is 0. The monoisotopic (exact) mass is 307 g/mol. The van der Waals surface area contributed by atoms with Gasteiger partial charge in [0.1, 0.15) is 24.5 Å². The topological polar surface area (TPSA) is 39.2 Å². The number of fused-ring (bicyclic) bond motifs is 1. The van der Waals surface area contributed by atoms with Crippen molar-refractivity contribution in [2.75, 3.05) is 0 Å². The molecule has 3 nitrogen and oxygen atoms in total. The van der Waals surface area contributed by atoms with Gasteiger partial charge in [-0.2, -0.15) is 0 Å². The van der Waals surface area contributed by atoms with Crippen LogP contribution >= 0.6 is 0 Å². The number of aldehydes is 1. The van der Waals surface area contributed by atoms with Crippen LogP contribution in [0, 0.1) is 5.82 Å². The van der Waals surface area contributed by atoms with E-state index >= 15 is 0 Å². The summed E-state index contributed by atoms with van der Waals surface area (Å²) >= 11 is 0. The molecule has 0 saturated carbocycles. The van der Waals surface area contributed by atoms with Crippen molar-refractivity contribution in [2.24, 2.45) is 0 Å². The molecule has 114 valence electrons. The van der Waals surface area contributed by atoms with Gasteiger partial charge in [0.2, 0.25) is 0 Å². The van der Waals surface area contributed by atoms with Crippen molar-refractivity contribution in [3.8, 4) is 5.75 Å². The second-order valence-corrected chi connectivity index (χ2v) is 5.00. The van der Waals surface area contributed by atoms with Crippen LogP contribution in [0.15, 0.2) is 60.8 Å². The molecule has 0 bridgehead atoms. The van der Waals surface area contributed by atoms with Gasteiger partial charge in [-0.25, -0.2) is 4.39 Å². The molecule has 0 unspecified atom stereocenters. The minimum atomic E-state index is -0.385. The molecule has 0 saturated heterocycles. The van der Waals surface area contributed by atoms with E-state index in [0.717, 1.165) is 10.9 Å². The predicted octanol–water partition coefficient (Wildman–Crippen LogP) is 4.17. The van der Waals surface area contributed by atoms with Crippen molar-refractivity contribution in [3.05, 3.63) is 77.7 Å². The molecule has 0 N–H and O–H groups in total. The van der Waals surface area contributed by atoms with Crippen molar-refractivity contribution in [2.45, 2.75) is 6.61 Å². The van der Waals surface area contributed by atoms with E-state index in [1.165, 1.54) is 18.2 Å². The fraction of sp³-hybridized carbons (Fsp3) is 0.0526. The van der Waals surface area contributed by atoms with Crippen molar-refractivity contribution in [1.29, 1.82) is 0 Å². The highest BCUT2D eigenvalue weighted by molar-refractivity contribution is 5.79. The fourth-order valence-electron chi connectivity index (χ4n) is 2.24. The van der Waals surface area contributed by atoms with Gasteiger partial charge in [-0.05, 0) is 42.0 Å². The van der Waals surface area contributed by atoms with Crippen LogP contribution in [-0.2, 0) is 11.4 Å². The van der Waals surface area contributed by atoms with E-state index in [0.29, 0.717) is 23.2 Å². The normalized spacial score (nSPS) is 11.0. The summed E-state index contributed by atoms with van der Waals surface area (Å²) in [5, 5.41) is 1.04. The number of rotatable bonds is 5. The number of ether oxygens (including phenoxy) is 1. The molecule has 0 aliphatic heterocycles. The molecule has 0 radical (unpaired) electrons. The number of hydrogen-bond donors (Lipinski definition) is 0. The summed E-state index contributed by atoms with van der Waals surface area (Å²) in [4.78, 5) is 14.5. The Bertz CT molecular complexity index is 874. The molecule has 3 aromatic rings. The van der Waals surface area contributed by atoms with E-state index in [2.05, 4.69) is 4.98 Å². The lowest BCUT2D eigenvalue weighted by Crippen LogP contribution is -1.97.